The van der Waals surface area contributed by atoms with Crippen molar-refractivity contribution in [1.29, 1.82) is 5.26 Å². The second-order valence-electron chi connectivity index (χ2n) is 4.22. The fraction of sp³-hybridized carbons (Fsp3) is 0.909. The molecule has 18 heavy (non-hydrogen) atoms. The molecule has 7 heteroatoms. The van der Waals surface area contributed by atoms with E-state index in [0.29, 0.717) is 32.5 Å². The highest BCUT2D eigenvalue weighted by Gasteiger charge is 2.37. The topological polar surface area (TPSA) is 70.4 Å². The van der Waals surface area contributed by atoms with Crippen LogP contribution in [0.5, 0.6) is 0 Å². The number of thioether (sulfide) groups is 1. The fourth-order valence-electron chi connectivity index (χ4n) is 1.92. The average molecular weight is 292 g/mol. The van der Waals surface area contributed by atoms with Crippen LogP contribution in [-0.4, -0.2) is 55.8 Å². The highest BCUT2D eigenvalue weighted by molar-refractivity contribution is 8.00. The molecule has 0 aromatic carbocycles. The minimum Gasteiger partial charge on any atom is -0.381 e. The number of nitrogens with zero attached hydrogens (tertiary/aromatic N) is 2. The molecule has 1 rings (SSSR count). The van der Waals surface area contributed by atoms with E-state index < -0.39 is 14.8 Å². The molecule has 0 saturated carbocycles. The largest absolute Gasteiger partial charge is 0.381 e. The molecule has 1 aliphatic rings. The molecule has 0 bridgehead atoms. The van der Waals surface area contributed by atoms with Crippen molar-refractivity contribution >= 4 is 21.8 Å². The van der Waals surface area contributed by atoms with Gasteiger partial charge >= 0.3 is 0 Å². The van der Waals surface area contributed by atoms with E-state index in [9.17, 15) is 8.42 Å². The maximum absolute atomic E-state index is 12.0. The molecule has 0 N–H and O–H groups in total. The van der Waals surface area contributed by atoms with Gasteiger partial charge < -0.3 is 4.74 Å². The first-order chi connectivity index (χ1) is 8.49. The number of nitriles is 1. The van der Waals surface area contributed by atoms with Crippen LogP contribution in [0.3, 0.4) is 0 Å². The maximum atomic E-state index is 12.0. The van der Waals surface area contributed by atoms with E-state index in [1.54, 1.807) is 0 Å². The van der Waals surface area contributed by atoms with E-state index in [1.165, 1.54) is 16.1 Å². The van der Waals surface area contributed by atoms with E-state index in [-0.39, 0.29) is 12.4 Å². The normalized spacial score (nSPS) is 20.5. The standard InChI is InChI=1S/C11H20N2O3S2/c1-3-16-8-9-18(14,15)13-6-4-11(10-12,17-2)5-7-13/h3-9H2,1-2H3. The summed E-state index contributed by atoms with van der Waals surface area (Å²) in [6.45, 7) is 3.47. The summed E-state index contributed by atoms with van der Waals surface area (Å²) in [5.41, 5.74) is 0. The molecule has 1 fully saturated rings. The van der Waals surface area contributed by atoms with Gasteiger partial charge in [-0.2, -0.15) is 5.26 Å². The van der Waals surface area contributed by atoms with Crippen molar-refractivity contribution in [3.8, 4) is 6.07 Å². The first-order valence-corrected chi connectivity index (χ1v) is 8.85. The SMILES string of the molecule is CCOCCS(=O)(=O)N1CCC(C#N)(SC)CC1. The summed E-state index contributed by atoms with van der Waals surface area (Å²) in [7, 11) is -3.23. The Morgan fingerprint density at radius 1 is 1.44 bits per heavy atom. The van der Waals surface area contributed by atoms with Crippen LogP contribution in [-0.2, 0) is 14.8 Å². The molecular formula is C11H20N2O3S2. The molecule has 0 atom stereocenters. The lowest BCUT2D eigenvalue weighted by Gasteiger charge is -2.35. The summed E-state index contributed by atoms with van der Waals surface area (Å²) in [6, 6.07) is 2.31. The highest BCUT2D eigenvalue weighted by Crippen LogP contribution is 2.34. The lowest BCUT2D eigenvalue weighted by Crippen LogP contribution is -2.45. The molecule has 0 aromatic rings. The average Bonchev–Trinajstić information content (AvgIpc) is 2.39. The van der Waals surface area contributed by atoms with Crippen LogP contribution in [0.25, 0.3) is 0 Å². The maximum Gasteiger partial charge on any atom is 0.216 e. The number of sulfonamides is 1. The molecule has 1 saturated heterocycles. The number of ether oxygens (including phenoxy) is 1. The Hall–Kier alpha value is -0.290. The zero-order valence-corrected chi connectivity index (χ0v) is 12.5. The third kappa shape index (κ3) is 3.85. The third-order valence-electron chi connectivity index (χ3n) is 3.21. The lowest BCUT2D eigenvalue weighted by atomic mass is 9.99. The molecule has 0 aromatic heterocycles. The Morgan fingerprint density at radius 2 is 2.06 bits per heavy atom. The van der Waals surface area contributed by atoms with Crippen LogP contribution in [0.15, 0.2) is 0 Å². The van der Waals surface area contributed by atoms with Gasteiger partial charge in [0, 0.05) is 19.7 Å². The summed E-state index contributed by atoms with van der Waals surface area (Å²) in [5, 5.41) is 9.15. The Kier molecular flexibility index (Phi) is 5.92. The molecule has 0 aliphatic carbocycles. The van der Waals surface area contributed by atoms with Crippen molar-refractivity contribution in [3.05, 3.63) is 0 Å². The highest BCUT2D eigenvalue weighted by atomic mass is 32.2. The van der Waals surface area contributed by atoms with Crippen molar-refractivity contribution in [2.24, 2.45) is 0 Å². The molecular weight excluding hydrogens is 272 g/mol. The molecule has 0 unspecified atom stereocenters. The van der Waals surface area contributed by atoms with Gasteiger partial charge in [0.15, 0.2) is 0 Å². The monoisotopic (exact) mass is 292 g/mol. The van der Waals surface area contributed by atoms with Gasteiger partial charge in [0.1, 0.15) is 4.75 Å². The summed E-state index contributed by atoms with van der Waals surface area (Å²) in [6.07, 6.45) is 3.10. The van der Waals surface area contributed by atoms with Gasteiger partial charge in [0.25, 0.3) is 0 Å². The summed E-state index contributed by atoms with van der Waals surface area (Å²) < 4.78 is 30.2. The Balaban J connectivity index is 2.54. The van der Waals surface area contributed by atoms with Crippen LogP contribution in [0.4, 0.5) is 0 Å². The minimum absolute atomic E-state index is 0.0274. The predicted octanol–water partition coefficient (Wildman–Crippen LogP) is 1.07. The molecule has 5 nitrogen and oxygen atoms in total. The van der Waals surface area contributed by atoms with Gasteiger partial charge in [-0.1, -0.05) is 0 Å². The van der Waals surface area contributed by atoms with Crippen molar-refractivity contribution in [2.75, 3.05) is 38.3 Å². The van der Waals surface area contributed by atoms with E-state index in [4.69, 9.17) is 10.00 Å². The Morgan fingerprint density at radius 3 is 2.50 bits per heavy atom. The number of rotatable bonds is 6. The number of hydrogen-bond donors (Lipinski definition) is 0. The van der Waals surface area contributed by atoms with Gasteiger partial charge in [-0.3, -0.25) is 0 Å². The third-order valence-corrected chi connectivity index (χ3v) is 6.32. The predicted molar refractivity (Wildman–Crippen MR) is 72.9 cm³/mol. The summed E-state index contributed by atoms with van der Waals surface area (Å²) >= 11 is 1.52. The molecule has 0 radical (unpaired) electrons. The molecule has 0 spiro atoms. The fourth-order valence-corrected chi connectivity index (χ4v) is 3.93. The van der Waals surface area contributed by atoms with Crippen molar-refractivity contribution in [1.82, 2.24) is 4.31 Å². The van der Waals surface area contributed by atoms with Gasteiger partial charge in [-0.05, 0) is 26.0 Å². The van der Waals surface area contributed by atoms with Crippen LogP contribution < -0.4 is 0 Å². The van der Waals surface area contributed by atoms with Crippen molar-refractivity contribution in [3.63, 3.8) is 0 Å². The Bertz CT molecular complexity index is 395. The molecule has 104 valence electrons. The van der Waals surface area contributed by atoms with Crippen LogP contribution in [0.1, 0.15) is 19.8 Å². The number of piperidine rings is 1. The van der Waals surface area contributed by atoms with Gasteiger partial charge in [0.05, 0.1) is 18.4 Å². The molecule has 1 aliphatic heterocycles. The van der Waals surface area contributed by atoms with Crippen LogP contribution in [0.2, 0.25) is 0 Å². The zero-order chi connectivity index (χ0) is 13.6. The minimum atomic E-state index is -3.23. The smallest absolute Gasteiger partial charge is 0.216 e. The van der Waals surface area contributed by atoms with E-state index in [1.807, 2.05) is 13.2 Å². The lowest BCUT2D eigenvalue weighted by molar-refractivity contribution is 0.162. The second kappa shape index (κ2) is 6.75. The van der Waals surface area contributed by atoms with Crippen LogP contribution >= 0.6 is 11.8 Å². The van der Waals surface area contributed by atoms with E-state index >= 15 is 0 Å². The van der Waals surface area contributed by atoms with E-state index in [2.05, 4.69) is 6.07 Å². The van der Waals surface area contributed by atoms with E-state index in [0.717, 1.165) is 0 Å². The Labute approximate surface area is 114 Å². The van der Waals surface area contributed by atoms with Crippen molar-refractivity contribution in [2.45, 2.75) is 24.5 Å². The molecule has 1 heterocycles. The van der Waals surface area contributed by atoms with Gasteiger partial charge in [-0.25, -0.2) is 12.7 Å². The second-order valence-corrected chi connectivity index (χ2v) is 7.50. The summed E-state index contributed by atoms with van der Waals surface area (Å²) in [4.78, 5) is 0. The number of hydrogen-bond acceptors (Lipinski definition) is 5. The first-order valence-electron chi connectivity index (χ1n) is 6.01. The first kappa shape index (κ1) is 15.8. The molecule has 0 amide bonds. The quantitative estimate of drug-likeness (QED) is 0.685. The van der Waals surface area contributed by atoms with Gasteiger partial charge in [0.2, 0.25) is 10.0 Å². The van der Waals surface area contributed by atoms with Crippen LogP contribution in [0, 0.1) is 11.3 Å². The zero-order valence-electron chi connectivity index (χ0n) is 10.9. The van der Waals surface area contributed by atoms with Gasteiger partial charge in [-0.15, -0.1) is 11.8 Å². The summed E-state index contributed by atoms with van der Waals surface area (Å²) in [5.74, 6) is 0.0274. The van der Waals surface area contributed by atoms with Crippen molar-refractivity contribution < 1.29 is 13.2 Å².